The highest BCUT2D eigenvalue weighted by Crippen LogP contribution is 2.21. The molecule has 3 aromatic rings. The van der Waals surface area contributed by atoms with Crippen LogP contribution in [0.4, 0.5) is 5.69 Å². The fourth-order valence-corrected chi connectivity index (χ4v) is 4.13. The number of anilines is 1. The molecule has 3 aromatic carbocycles. The van der Waals surface area contributed by atoms with Crippen molar-refractivity contribution in [2.75, 3.05) is 38.0 Å². The predicted octanol–water partition coefficient (Wildman–Crippen LogP) is 4.72. The van der Waals surface area contributed by atoms with Crippen molar-refractivity contribution in [2.24, 2.45) is 0 Å². The van der Waals surface area contributed by atoms with E-state index < -0.39 is 0 Å². The quantitative estimate of drug-likeness (QED) is 0.649. The van der Waals surface area contributed by atoms with E-state index >= 15 is 0 Å². The number of nitrogens with one attached hydrogen (secondary N) is 1. The molecule has 30 heavy (non-hydrogen) atoms. The summed E-state index contributed by atoms with van der Waals surface area (Å²) in [7, 11) is 0. The molecule has 1 aliphatic heterocycles. The number of rotatable bonds is 6. The lowest BCUT2D eigenvalue weighted by atomic mass is 10.0. The van der Waals surface area contributed by atoms with Gasteiger partial charge in [0.25, 0.3) is 0 Å². The first kappa shape index (κ1) is 20.6. The molecule has 0 radical (unpaired) electrons. The zero-order valence-corrected chi connectivity index (χ0v) is 18.0. The third-order valence-electron chi connectivity index (χ3n) is 5.97. The topological polar surface area (TPSA) is 35.6 Å². The second kappa shape index (κ2) is 9.41. The van der Waals surface area contributed by atoms with E-state index in [-0.39, 0.29) is 5.91 Å². The first-order valence-corrected chi connectivity index (χ1v) is 10.9. The van der Waals surface area contributed by atoms with Crippen molar-refractivity contribution in [2.45, 2.75) is 26.3 Å². The fourth-order valence-electron chi connectivity index (χ4n) is 4.13. The first-order valence-electron chi connectivity index (χ1n) is 10.9. The van der Waals surface area contributed by atoms with Gasteiger partial charge in [-0.1, -0.05) is 68.4 Å². The molecule has 4 rings (SSSR count). The Hall–Kier alpha value is -2.69. The summed E-state index contributed by atoms with van der Waals surface area (Å²) in [5.41, 5.74) is 3.54. The van der Waals surface area contributed by atoms with Crippen LogP contribution in [0.1, 0.15) is 30.9 Å². The zero-order chi connectivity index (χ0) is 20.9. The Balaban J connectivity index is 1.26. The molecule has 0 bridgehead atoms. The van der Waals surface area contributed by atoms with Gasteiger partial charge in [-0.25, -0.2) is 0 Å². The van der Waals surface area contributed by atoms with Gasteiger partial charge in [0.1, 0.15) is 0 Å². The number of hydrogen-bond acceptors (Lipinski definition) is 3. The van der Waals surface area contributed by atoms with Crippen molar-refractivity contribution in [1.29, 1.82) is 0 Å². The molecule has 0 spiro atoms. The molecule has 0 unspecified atom stereocenters. The average Bonchev–Trinajstić information content (AvgIpc) is 2.76. The van der Waals surface area contributed by atoms with Crippen LogP contribution < -0.4 is 5.32 Å². The fraction of sp³-hybridized carbons (Fsp3) is 0.346. The number of nitrogens with zero attached hydrogens (tertiary/aromatic N) is 2. The van der Waals surface area contributed by atoms with Gasteiger partial charge in [-0.3, -0.25) is 14.6 Å². The van der Waals surface area contributed by atoms with Crippen LogP contribution in [0.25, 0.3) is 10.8 Å². The second-order valence-electron chi connectivity index (χ2n) is 8.52. The van der Waals surface area contributed by atoms with Crippen LogP contribution in [0.3, 0.4) is 0 Å². The number of piperazine rings is 1. The lowest BCUT2D eigenvalue weighted by molar-refractivity contribution is -0.117. The Labute approximate surface area is 179 Å². The van der Waals surface area contributed by atoms with Gasteiger partial charge in [-0.15, -0.1) is 0 Å². The number of fused-ring (bicyclic) bond motifs is 1. The van der Waals surface area contributed by atoms with E-state index in [2.05, 4.69) is 83.6 Å². The summed E-state index contributed by atoms with van der Waals surface area (Å²) in [5.74, 6) is 0.565. The molecule has 1 heterocycles. The molecule has 156 valence electrons. The van der Waals surface area contributed by atoms with Crippen LogP contribution in [-0.4, -0.2) is 48.4 Å². The molecule has 1 aliphatic rings. The number of carbonyl (C=O) groups is 1. The van der Waals surface area contributed by atoms with E-state index in [1.807, 2.05) is 12.1 Å². The van der Waals surface area contributed by atoms with Gasteiger partial charge in [-0.2, -0.15) is 0 Å². The van der Waals surface area contributed by atoms with Crippen LogP contribution in [-0.2, 0) is 11.3 Å². The van der Waals surface area contributed by atoms with E-state index in [0.717, 1.165) is 38.4 Å². The van der Waals surface area contributed by atoms with Gasteiger partial charge in [0.15, 0.2) is 0 Å². The Morgan fingerprint density at radius 3 is 2.27 bits per heavy atom. The normalized spacial score (nSPS) is 15.6. The summed E-state index contributed by atoms with van der Waals surface area (Å²) in [6.45, 7) is 9.58. The van der Waals surface area contributed by atoms with Crippen LogP contribution in [0.15, 0.2) is 66.7 Å². The summed E-state index contributed by atoms with van der Waals surface area (Å²) in [6, 6.07) is 23.3. The van der Waals surface area contributed by atoms with Crippen molar-refractivity contribution in [1.82, 2.24) is 9.80 Å². The van der Waals surface area contributed by atoms with Crippen LogP contribution in [0.5, 0.6) is 0 Å². The van der Waals surface area contributed by atoms with Gasteiger partial charge in [0, 0.05) is 38.4 Å². The van der Waals surface area contributed by atoms with Crippen molar-refractivity contribution in [3.05, 3.63) is 77.9 Å². The number of amides is 1. The molecule has 1 amide bonds. The molecule has 0 aliphatic carbocycles. The van der Waals surface area contributed by atoms with Crippen molar-refractivity contribution >= 4 is 22.4 Å². The minimum atomic E-state index is 0.0646. The van der Waals surface area contributed by atoms with Gasteiger partial charge < -0.3 is 5.32 Å². The maximum absolute atomic E-state index is 12.5. The van der Waals surface area contributed by atoms with Gasteiger partial charge >= 0.3 is 0 Å². The highest BCUT2D eigenvalue weighted by atomic mass is 16.2. The van der Waals surface area contributed by atoms with Crippen molar-refractivity contribution < 1.29 is 4.79 Å². The smallest absolute Gasteiger partial charge is 0.238 e. The minimum Gasteiger partial charge on any atom is -0.325 e. The average molecular weight is 402 g/mol. The molecular formula is C26H31N3O. The van der Waals surface area contributed by atoms with Crippen LogP contribution >= 0.6 is 0 Å². The molecule has 0 saturated carbocycles. The molecule has 0 aromatic heterocycles. The lowest BCUT2D eigenvalue weighted by Gasteiger charge is -2.34. The minimum absolute atomic E-state index is 0.0646. The highest BCUT2D eigenvalue weighted by molar-refractivity contribution is 5.92. The molecule has 4 heteroatoms. The van der Waals surface area contributed by atoms with E-state index in [1.54, 1.807) is 0 Å². The highest BCUT2D eigenvalue weighted by Gasteiger charge is 2.19. The largest absolute Gasteiger partial charge is 0.325 e. The van der Waals surface area contributed by atoms with E-state index in [4.69, 9.17) is 0 Å². The zero-order valence-electron chi connectivity index (χ0n) is 18.0. The third-order valence-corrected chi connectivity index (χ3v) is 5.97. The molecular weight excluding hydrogens is 370 g/mol. The van der Waals surface area contributed by atoms with Crippen LogP contribution in [0, 0.1) is 0 Å². The third kappa shape index (κ3) is 5.07. The Kier molecular flexibility index (Phi) is 6.46. The summed E-state index contributed by atoms with van der Waals surface area (Å²) < 4.78 is 0. The number of benzene rings is 3. The summed E-state index contributed by atoms with van der Waals surface area (Å²) in [4.78, 5) is 17.2. The number of hydrogen-bond donors (Lipinski definition) is 1. The molecule has 1 saturated heterocycles. The monoisotopic (exact) mass is 401 g/mol. The van der Waals surface area contributed by atoms with E-state index in [1.165, 1.54) is 21.9 Å². The van der Waals surface area contributed by atoms with E-state index in [9.17, 15) is 4.79 Å². The molecule has 4 nitrogen and oxygen atoms in total. The Morgan fingerprint density at radius 1 is 0.867 bits per heavy atom. The Morgan fingerprint density at radius 2 is 1.53 bits per heavy atom. The van der Waals surface area contributed by atoms with Crippen molar-refractivity contribution in [3.63, 3.8) is 0 Å². The first-order chi connectivity index (χ1) is 14.6. The predicted molar refractivity (Wildman–Crippen MR) is 125 cm³/mol. The molecule has 1 fully saturated rings. The van der Waals surface area contributed by atoms with Crippen molar-refractivity contribution in [3.8, 4) is 0 Å². The maximum atomic E-state index is 12.5. The Bertz CT molecular complexity index is 983. The van der Waals surface area contributed by atoms with E-state index in [0.29, 0.717) is 12.5 Å². The van der Waals surface area contributed by atoms with Gasteiger partial charge in [0.2, 0.25) is 5.91 Å². The summed E-state index contributed by atoms with van der Waals surface area (Å²) >= 11 is 0. The molecule has 1 N–H and O–H groups in total. The lowest BCUT2D eigenvalue weighted by Crippen LogP contribution is -2.48. The summed E-state index contributed by atoms with van der Waals surface area (Å²) in [5, 5.41) is 5.67. The second-order valence-corrected chi connectivity index (χ2v) is 8.52. The summed E-state index contributed by atoms with van der Waals surface area (Å²) in [6.07, 6.45) is 0. The number of carbonyl (C=O) groups excluding carboxylic acids is 1. The van der Waals surface area contributed by atoms with Gasteiger partial charge in [-0.05, 0) is 39.9 Å². The maximum Gasteiger partial charge on any atom is 0.238 e. The van der Waals surface area contributed by atoms with Gasteiger partial charge in [0.05, 0.1) is 6.54 Å². The van der Waals surface area contributed by atoms with Crippen LogP contribution in [0.2, 0.25) is 0 Å². The SMILES string of the molecule is CC(C)c1ccc(NC(=O)CN2CCN(Cc3cccc4ccccc34)CC2)cc1. The standard InChI is InChI=1S/C26H31N3O/c1-20(2)21-10-12-24(13-11-21)27-26(30)19-29-16-14-28(15-17-29)18-23-8-5-7-22-6-3-4-9-25(22)23/h3-13,20H,14-19H2,1-2H3,(H,27,30). The molecule has 0 atom stereocenters.